The van der Waals surface area contributed by atoms with Crippen LogP contribution >= 0.6 is 23.1 Å². The Hall–Kier alpha value is -4.96. The number of fused-ring (bicyclic) bond motifs is 4. The first kappa shape index (κ1) is 28.3. The molecule has 3 heteroatoms. The first-order valence-corrected chi connectivity index (χ1v) is 17.7. The topological polar surface area (TPSA) is 12.9 Å². The van der Waals surface area contributed by atoms with Gasteiger partial charge in [0.15, 0.2) is 0 Å². The smallest absolute Gasteiger partial charge is 0.124 e. The fourth-order valence-electron chi connectivity index (χ4n) is 7.11. The predicted octanol–water partition coefficient (Wildman–Crippen LogP) is 13.1. The zero-order valence-corrected chi connectivity index (χ0v) is 27.9. The van der Waals surface area contributed by atoms with E-state index in [0.29, 0.717) is 0 Å². The first-order chi connectivity index (χ1) is 23.0. The van der Waals surface area contributed by atoms with Crippen molar-refractivity contribution in [2.45, 2.75) is 24.0 Å². The summed E-state index contributed by atoms with van der Waals surface area (Å²) in [4.78, 5) is 6.27. The number of nitrogens with zero attached hydrogens (tertiary/aromatic N) is 1. The predicted molar refractivity (Wildman–Crippen MR) is 204 cm³/mol. The Balaban J connectivity index is 1.13. The largest absolute Gasteiger partial charge is 0.236 e. The Kier molecular flexibility index (Phi) is 6.67. The summed E-state index contributed by atoms with van der Waals surface area (Å²) in [5.74, 6) is 0. The number of thioether (sulfide) groups is 1. The van der Waals surface area contributed by atoms with Crippen LogP contribution in [-0.4, -0.2) is 4.98 Å². The van der Waals surface area contributed by atoms with Crippen LogP contribution < -0.4 is 0 Å². The monoisotopic (exact) mass is 637 g/mol. The molecule has 1 unspecified atom stereocenters. The van der Waals surface area contributed by atoms with Gasteiger partial charge >= 0.3 is 0 Å². The Bertz CT molecular complexity index is 2460. The van der Waals surface area contributed by atoms with Crippen LogP contribution in [0.15, 0.2) is 145 Å². The molecule has 224 valence electrons. The van der Waals surface area contributed by atoms with Crippen molar-refractivity contribution in [3.8, 4) is 32.8 Å². The molecule has 0 fully saturated rings. The van der Waals surface area contributed by atoms with Crippen LogP contribution in [0.25, 0.3) is 70.2 Å². The lowest BCUT2D eigenvalue weighted by Gasteiger charge is -2.18. The highest BCUT2D eigenvalue weighted by molar-refractivity contribution is 8.00. The van der Waals surface area contributed by atoms with Crippen LogP contribution in [0.1, 0.15) is 27.5 Å². The molecular weight excluding hydrogens is 607 g/mol. The first-order valence-electron chi connectivity index (χ1n) is 16.0. The highest BCUT2D eigenvalue weighted by Crippen LogP contribution is 2.53. The minimum Gasteiger partial charge on any atom is -0.236 e. The van der Waals surface area contributed by atoms with E-state index in [4.69, 9.17) is 4.98 Å². The molecule has 0 aliphatic carbocycles. The molecule has 0 spiro atoms. The van der Waals surface area contributed by atoms with Crippen molar-refractivity contribution in [2.75, 3.05) is 0 Å². The van der Waals surface area contributed by atoms with Crippen molar-refractivity contribution in [1.82, 2.24) is 4.98 Å². The molecule has 1 nitrogen and oxygen atoms in total. The summed E-state index contributed by atoms with van der Waals surface area (Å²) in [5, 5.41) is 6.36. The van der Waals surface area contributed by atoms with Gasteiger partial charge in [0.2, 0.25) is 0 Å². The van der Waals surface area contributed by atoms with Crippen molar-refractivity contribution in [3.05, 3.63) is 162 Å². The maximum absolute atomic E-state index is 4.93. The minimum absolute atomic E-state index is 0.242. The third kappa shape index (κ3) is 4.73. The third-order valence-electron chi connectivity index (χ3n) is 9.44. The average Bonchev–Trinajstić information content (AvgIpc) is 3.67. The van der Waals surface area contributed by atoms with Gasteiger partial charge < -0.3 is 0 Å². The Labute approximate surface area is 283 Å². The summed E-state index contributed by atoms with van der Waals surface area (Å²) in [6.45, 7) is 8.79. The van der Waals surface area contributed by atoms with Crippen molar-refractivity contribution >= 4 is 60.4 Å². The summed E-state index contributed by atoms with van der Waals surface area (Å²) in [6, 6.07) is 49.1. The molecule has 2 heterocycles. The van der Waals surface area contributed by atoms with E-state index in [1.165, 1.54) is 81.2 Å². The second-order valence-electron chi connectivity index (χ2n) is 12.6. The number of rotatable bonds is 4. The molecule has 1 aliphatic heterocycles. The summed E-state index contributed by atoms with van der Waals surface area (Å²) in [7, 11) is 0. The van der Waals surface area contributed by atoms with E-state index in [1.54, 1.807) is 11.3 Å². The zero-order chi connectivity index (χ0) is 31.6. The second-order valence-corrected chi connectivity index (χ2v) is 14.7. The van der Waals surface area contributed by atoms with Crippen LogP contribution in [0.5, 0.6) is 0 Å². The van der Waals surface area contributed by atoms with Crippen molar-refractivity contribution < 1.29 is 0 Å². The quantitative estimate of drug-likeness (QED) is 0.178. The van der Waals surface area contributed by atoms with Gasteiger partial charge in [-0.3, -0.25) is 0 Å². The summed E-state index contributed by atoms with van der Waals surface area (Å²) < 4.78 is 1.23. The third-order valence-corrected chi connectivity index (χ3v) is 11.9. The second kappa shape index (κ2) is 11.1. The summed E-state index contributed by atoms with van der Waals surface area (Å²) in [5.41, 5.74) is 13.6. The summed E-state index contributed by atoms with van der Waals surface area (Å²) >= 11 is 3.68. The van der Waals surface area contributed by atoms with Crippen LogP contribution in [-0.2, 0) is 0 Å². The molecule has 0 radical (unpaired) electrons. The maximum atomic E-state index is 4.93. The number of thiazole rings is 1. The lowest BCUT2D eigenvalue weighted by atomic mass is 9.85. The van der Waals surface area contributed by atoms with Gasteiger partial charge in [0.1, 0.15) is 5.01 Å². The van der Waals surface area contributed by atoms with Crippen LogP contribution in [0.4, 0.5) is 0 Å². The molecular formula is C44H31NS2. The van der Waals surface area contributed by atoms with Crippen molar-refractivity contribution in [3.63, 3.8) is 0 Å². The van der Waals surface area contributed by atoms with E-state index in [0.717, 1.165) is 16.1 Å². The molecule has 8 aromatic rings. The Morgan fingerprint density at radius 1 is 0.574 bits per heavy atom. The number of hydrogen-bond donors (Lipinski definition) is 0. The maximum Gasteiger partial charge on any atom is 0.124 e. The standard InChI is InChI=1S/C44H31NS2/c1-26-12-22-33-28(3)43(46-39(33)24-26)31-18-14-29(15-19-31)41-34-8-4-6-10-36(34)42(37-11-7-5-9-35(37)41)30-16-20-32(21-17-30)44-45-38-23-13-27(2)25-40(38)47-44/h4-25,43H,3H2,1-2H3. The van der Waals surface area contributed by atoms with Gasteiger partial charge in [-0.2, -0.15) is 0 Å². The Morgan fingerprint density at radius 2 is 1.11 bits per heavy atom. The van der Waals surface area contributed by atoms with E-state index in [9.17, 15) is 0 Å². The summed E-state index contributed by atoms with van der Waals surface area (Å²) in [6.07, 6.45) is 0. The van der Waals surface area contributed by atoms with E-state index in [2.05, 4.69) is 154 Å². The van der Waals surface area contributed by atoms with Gasteiger partial charge in [-0.25, -0.2) is 4.98 Å². The lowest BCUT2D eigenvalue weighted by molar-refractivity contribution is 1.27. The lowest BCUT2D eigenvalue weighted by Crippen LogP contribution is -1.93. The average molecular weight is 638 g/mol. The van der Waals surface area contributed by atoms with Crippen LogP contribution in [0.3, 0.4) is 0 Å². The van der Waals surface area contributed by atoms with Gasteiger partial charge in [0.25, 0.3) is 0 Å². The molecule has 0 saturated heterocycles. The van der Waals surface area contributed by atoms with E-state index in [1.807, 2.05) is 11.8 Å². The van der Waals surface area contributed by atoms with E-state index in [-0.39, 0.29) is 5.25 Å². The van der Waals surface area contributed by atoms with Gasteiger partial charge in [0, 0.05) is 10.5 Å². The molecule has 0 saturated carbocycles. The number of hydrogen-bond acceptors (Lipinski definition) is 3. The molecule has 1 atom stereocenters. The fourth-order valence-corrected chi connectivity index (χ4v) is 9.58. The highest BCUT2D eigenvalue weighted by atomic mass is 32.2. The van der Waals surface area contributed by atoms with Crippen molar-refractivity contribution in [2.24, 2.45) is 0 Å². The Morgan fingerprint density at radius 3 is 1.72 bits per heavy atom. The molecule has 1 aromatic heterocycles. The zero-order valence-electron chi connectivity index (χ0n) is 26.2. The molecule has 1 aliphatic rings. The SMILES string of the molecule is C=C1c2ccc(C)cc2SC1c1ccc(-c2c3ccccc3c(-c3ccc(-c4nc5ccc(C)cc5s4)cc3)c3ccccc23)cc1. The van der Waals surface area contributed by atoms with Gasteiger partial charge in [-0.05, 0) is 104 Å². The van der Waals surface area contributed by atoms with E-state index >= 15 is 0 Å². The molecule has 0 amide bonds. The molecule has 0 bridgehead atoms. The minimum atomic E-state index is 0.242. The van der Waals surface area contributed by atoms with Crippen molar-refractivity contribution in [1.29, 1.82) is 0 Å². The van der Waals surface area contributed by atoms with Gasteiger partial charge in [-0.15, -0.1) is 23.1 Å². The molecule has 7 aromatic carbocycles. The van der Waals surface area contributed by atoms with Crippen LogP contribution in [0, 0.1) is 13.8 Å². The van der Waals surface area contributed by atoms with Crippen LogP contribution in [0.2, 0.25) is 0 Å². The molecule has 9 rings (SSSR count). The normalized spacial score (nSPS) is 14.3. The number of aryl methyl sites for hydroxylation is 2. The number of benzene rings is 7. The molecule has 0 N–H and O–H groups in total. The number of aromatic nitrogens is 1. The molecule has 47 heavy (non-hydrogen) atoms. The van der Waals surface area contributed by atoms with Gasteiger partial charge in [0.05, 0.1) is 15.5 Å². The van der Waals surface area contributed by atoms with Gasteiger partial charge in [-0.1, -0.05) is 122 Å². The van der Waals surface area contributed by atoms with E-state index < -0.39 is 0 Å². The fraction of sp³-hybridized carbons (Fsp3) is 0.0682. The highest BCUT2D eigenvalue weighted by Gasteiger charge is 2.28.